The van der Waals surface area contributed by atoms with Gasteiger partial charge in [0, 0.05) is 12.4 Å². The molecule has 0 aliphatic carbocycles. The van der Waals surface area contributed by atoms with Gasteiger partial charge in [-0.05, 0) is 0 Å². The first-order valence-corrected chi connectivity index (χ1v) is 2.88. The monoisotopic (exact) mass is 135 g/mol. The van der Waals surface area contributed by atoms with E-state index in [4.69, 9.17) is 0 Å². The van der Waals surface area contributed by atoms with Gasteiger partial charge in [-0.25, -0.2) is 4.98 Å². The van der Waals surface area contributed by atoms with E-state index < -0.39 is 0 Å². The van der Waals surface area contributed by atoms with E-state index in [1.807, 2.05) is 0 Å². The molecule has 0 aromatic carbocycles. The minimum Gasteiger partial charge on any atom is -0.619 e. The summed E-state index contributed by atoms with van der Waals surface area (Å²) in [5.74, 6) is 0. The van der Waals surface area contributed by atoms with Gasteiger partial charge < -0.3 is 5.21 Å². The summed E-state index contributed by atoms with van der Waals surface area (Å²) in [6.45, 7) is 0. The Kier molecular flexibility index (Phi) is 0.887. The van der Waals surface area contributed by atoms with Crippen LogP contribution in [0.25, 0.3) is 5.65 Å². The van der Waals surface area contributed by atoms with Crippen LogP contribution in [0.4, 0.5) is 0 Å². The molecule has 4 nitrogen and oxygen atoms in total. The molecular weight excluding hydrogens is 130 g/mol. The molecule has 2 aromatic heterocycles. The zero-order valence-electron chi connectivity index (χ0n) is 5.14. The Morgan fingerprint density at radius 1 is 1.50 bits per heavy atom. The summed E-state index contributed by atoms with van der Waals surface area (Å²) in [5.41, 5.74) is 0.664. The van der Waals surface area contributed by atoms with Crippen molar-refractivity contribution in [3.05, 3.63) is 36.2 Å². The van der Waals surface area contributed by atoms with Gasteiger partial charge in [-0.3, -0.25) is 4.40 Å². The summed E-state index contributed by atoms with van der Waals surface area (Å²) in [6, 6.07) is 0. The SMILES string of the molecule is [O-][n+]1ccn2ccnc2c1. The fourth-order valence-electron chi connectivity index (χ4n) is 0.845. The van der Waals surface area contributed by atoms with Gasteiger partial charge in [0.15, 0.2) is 6.20 Å². The lowest BCUT2D eigenvalue weighted by atomic mass is 10.7. The minimum atomic E-state index is 0.664. The maximum Gasteiger partial charge on any atom is 0.223 e. The van der Waals surface area contributed by atoms with Crippen molar-refractivity contribution in [1.82, 2.24) is 9.38 Å². The Labute approximate surface area is 56.9 Å². The third-order valence-electron chi connectivity index (χ3n) is 1.32. The molecule has 0 aliphatic heterocycles. The van der Waals surface area contributed by atoms with Crippen molar-refractivity contribution in [1.29, 1.82) is 0 Å². The molecule has 4 heteroatoms. The normalized spacial score (nSPS) is 10.4. The van der Waals surface area contributed by atoms with Gasteiger partial charge in [-0.15, -0.1) is 0 Å². The Balaban J connectivity index is 2.86. The largest absolute Gasteiger partial charge is 0.619 e. The second kappa shape index (κ2) is 1.70. The van der Waals surface area contributed by atoms with Gasteiger partial charge in [-0.2, -0.15) is 4.73 Å². The molecule has 0 amide bonds. The highest BCUT2D eigenvalue weighted by atomic mass is 16.5. The Bertz CT molecular complexity index is 355. The summed E-state index contributed by atoms with van der Waals surface area (Å²) in [7, 11) is 0. The first-order valence-electron chi connectivity index (χ1n) is 2.88. The number of fused-ring (bicyclic) bond motifs is 1. The molecular formula is C6H5N3O. The number of imidazole rings is 1. The van der Waals surface area contributed by atoms with Crippen molar-refractivity contribution >= 4 is 5.65 Å². The van der Waals surface area contributed by atoms with Crippen molar-refractivity contribution in [2.24, 2.45) is 0 Å². The predicted molar refractivity (Wildman–Crippen MR) is 34.2 cm³/mol. The van der Waals surface area contributed by atoms with Crippen LogP contribution in [-0.4, -0.2) is 9.38 Å². The highest BCUT2D eigenvalue weighted by Crippen LogP contribution is 1.92. The van der Waals surface area contributed by atoms with Crippen LogP contribution >= 0.6 is 0 Å². The molecule has 0 fully saturated rings. The topological polar surface area (TPSA) is 44.2 Å². The van der Waals surface area contributed by atoms with E-state index in [1.165, 1.54) is 12.4 Å². The minimum absolute atomic E-state index is 0.664. The molecule has 0 bridgehead atoms. The van der Waals surface area contributed by atoms with Gasteiger partial charge in [0.25, 0.3) is 0 Å². The lowest BCUT2D eigenvalue weighted by molar-refractivity contribution is -0.604. The van der Waals surface area contributed by atoms with Crippen LogP contribution < -0.4 is 4.73 Å². The summed E-state index contributed by atoms with van der Waals surface area (Å²) < 4.78 is 2.50. The van der Waals surface area contributed by atoms with E-state index in [1.54, 1.807) is 23.0 Å². The first kappa shape index (κ1) is 5.22. The van der Waals surface area contributed by atoms with Crippen LogP contribution in [0.5, 0.6) is 0 Å². The van der Waals surface area contributed by atoms with Crippen molar-refractivity contribution in [3.8, 4) is 0 Å². The smallest absolute Gasteiger partial charge is 0.223 e. The molecule has 50 valence electrons. The Morgan fingerprint density at radius 2 is 2.40 bits per heavy atom. The highest BCUT2D eigenvalue weighted by molar-refractivity contribution is 5.31. The fourth-order valence-corrected chi connectivity index (χ4v) is 0.845. The molecule has 10 heavy (non-hydrogen) atoms. The van der Waals surface area contributed by atoms with E-state index in [9.17, 15) is 5.21 Å². The number of hydrogen-bond acceptors (Lipinski definition) is 2. The van der Waals surface area contributed by atoms with Gasteiger partial charge in [0.1, 0.15) is 0 Å². The highest BCUT2D eigenvalue weighted by Gasteiger charge is 1.94. The molecule has 2 rings (SSSR count). The number of rotatable bonds is 0. The Hall–Kier alpha value is -1.58. The van der Waals surface area contributed by atoms with Gasteiger partial charge in [-0.1, -0.05) is 0 Å². The predicted octanol–water partition coefficient (Wildman–Crippen LogP) is -0.0323. The van der Waals surface area contributed by atoms with Gasteiger partial charge in [0.05, 0.1) is 6.20 Å². The van der Waals surface area contributed by atoms with Crippen molar-refractivity contribution in [3.63, 3.8) is 0 Å². The van der Waals surface area contributed by atoms with Gasteiger partial charge in [0.2, 0.25) is 11.8 Å². The third kappa shape index (κ3) is 0.621. The molecule has 0 N–H and O–H groups in total. The fraction of sp³-hybridized carbons (Fsp3) is 0. The third-order valence-corrected chi connectivity index (χ3v) is 1.32. The second-order valence-electron chi connectivity index (χ2n) is 1.98. The molecule has 0 radical (unpaired) electrons. The number of nitrogens with zero attached hydrogens (tertiary/aromatic N) is 3. The lowest BCUT2D eigenvalue weighted by Crippen LogP contribution is -2.24. The van der Waals surface area contributed by atoms with Crippen molar-refractivity contribution in [2.45, 2.75) is 0 Å². The maximum atomic E-state index is 10.6. The molecule has 0 saturated carbocycles. The van der Waals surface area contributed by atoms with E-state index in [2.05, 4.69) is 4.98 Å². The van der Waals surface area contributed by atoms with E-state index in [0.717, 1.165) is 4.73 Å². The van der Waals surface area contributed by atoms with Crippen LogP contribution in [0.2, 0.25) is 0 Å². The summed E-state index contributed by atoms with van der Waals surface area (Å²) in [4.78, 5) is 3.92. The number of aromatic nitrogens is 3. The second-order valence-corrected chi connectivity index (χ2v) is 1.98. The van der Waals surface area contributed by atoms with E-state index in [-0.39, 0.29) is 0 Å². The molecule has 0 spiro atoms. The van der Waals surface area contributed by atoms with Crippen LogP contribution in [0, 0.1) is 5.21 Å². The molecule has 0 atom stereocenters. The van der Waals surface area contributed by atoms with Crippen molar-refractivity contribution < 1.29 is 4.73 Å². The molecule has 0 saturated heterocycles. The maximum absolute atomic E-state index is 10.6. The first-order chi connectivity index (χ1) is 4.86. The van der Waals surface area contributed by atoms with E-state index >= 15 is 0 Å². The zero-order valence-corrected chi connectivity index (χ0v) is 5.14. The standard InChI is InChI=1S/C6H5N3O/c10-9-4-3-8-2-1-7-6(8)5-9/h1-5H. The van der Waals surface area contributed by atoms with E-state index in [0.29, 0.717) is 5.65 Å². The quantitative estimate of drug-likeness (QED) is 0.376. The van der Waals surface area contributed by atoms with Crippen LogP contribution in [0.1, 0.15) is 0 Å². The molecule has 2 aromatic rings. The summed E-state index contributed by atoms with van der Waals surface area (Å²) >= 11 is 0. The van der Waals surface area contributed by atoms with Crippen LogP contribution in [-0.2, 0) is 0 Å². The number of hydrogen-bond donors (Lipinski definition) is 0. The zero-order chi connectivity index (χ0) is 6.97. The van der Waals surface area contributed by atoms with Crippen LogP contribution in [0.15, 0.2) is 31.0 Å². The average molecular weight is 135 g/mol. The Morgan fingerprint density at radius 3 is 3.30 bits per heavy atom. The van der Waals surface area contributed by atoms with Crippen molar-refractivity contribution in [2.75, 3.05) is 0 Å². The average Bonchev–Trinajstić information content (AvgIpc) is 2.33. The van der Waals surface area contributed by atoms with Crippen LogP contribution in [0.3, 0.4) is 0 Å². The lowest BCUT2D eigenvalue weighted by Gasteiger charge is -1.93. The molecule has 0 aliphatic rings. The van der Waals surface area contributed by atoms with Gasteiger partial charge >= 0.3 is 0 Å². The summed E-state index contributed by atoms with van der Waals surface area (Å²) in [6.07, 6.45) is 7.94. The summed E-state index contributed by atoms with van der Waals surface area (Å²) in [5, 5.41) is 10.6. The molecule has 0 unspecified atom stereocenters. The molecule has 2 heterocycles.